The molecule has 0 saturated carbocycles. The fourth-order valence-electron chi connectivity index (χ4n) is 4.73. The summed E-state index contributed by atoms with van der Waals surface area (Å²) in [5.74, 6) is 0.0109. The molecule has 3 aromatic rings. The van der Waals surface area contributed by atoms with E-state index in [1.165, 1.54) is 23.1 Å². The van der Waals surface area contributed by atoms with Crippen LogP contribution in [0.3, 0.4) is 0 Å². The first-order chi connectivity index (χ1) is 15.2. The Hall–Kier alpha value is -3.06. The van der Waals surface area contributed by atoms with E-state index >= 15 is 0 Å². The first kappa shape index (κ1) is 19.9. The number of hydrogen-bond donors (Lipinski definition) is 0. The molecule has 1 amide bonds. The molecule has 0 N–H and O–H groups in total. The van der Waals surface area contributed by atoms with Crippen LogP contribution >= 0.6 is 0 Å². The van der Waals surface area contributed by atoms with Gasteiger partial charge in [-0.15, -0.1) is 5.10 Å². The van der Waals surface area contributed by atoms with Crippen molar-refractivity contribution in [1.82, 2.24) is 29.8 Å². The van der Waals surface area contributed by atoms with Gasteiger partial charge < -0.3 is 4.90 Å². The summed E-state index contributed by atoms with van der Waals surface area (Å²) in [5.41, 5.74) is 6.25. The lowest BCUT2D eigenvalue weighted by Crippen LogP contribution is -2.36. The second kappa shape index (κ2) is 8.59. The van der Waals surface area contributed by atoms with E-state index in [1.54, 1.807) is 0 Å². The first-order valence-corrected chi connectivity index (χ1v) is 11.1. The van der Waals surface area contributed by atoms with Crippen molar-refractivity contribution in [1.29, 1.82) is 0 Å². The van der Waals surface area contributed by atoms with Gasteiger partial charge in [-0.1, -0.05) is 17.3 Å². The van der Waals surface area contributed by atoms with Crippen LogP contribution in [0.5, 0.6) is 0 Å². The van der Waals surface area contributed by atoms with Gasteiger partial charge in [0, 0.05) is 45.1 Å². The Morgan fingerprint density at radius 2 is 1.84 bits per heavy atom. The molecular weight excluding hydrogens is 388 g/mol. The molecule has 0 aliphatic carbocycles. The van der Waals surface area contributed by atoms with E-state index in [2.05, 4.69) is 50.5 Å². The molecule has 5 rings (SSSR count). The summed E-state index contributed by atoms with van der Waals surface area (Å²) in [4.78, 5) is 21.5. The number of piperidine rings is 1. The normalized spacial score (nSPS) is 16.9. The zero-order valence-corrected chi connectivity index (χ0v) is 18.0. The van der Waals surface area contributed by atoms with Crippen molar-refractivity contribution in [2.75, 3.05) is 19.6 Å². The highest BCUT2D eigenvalue weighted by atomic mass is 16.2. The summed E-state index contributed by atoms with van der Waals surface area (Å²) in [5, 5.41) is 8.69. The van der Waals surface area contributed by atoms with Gasteiger partial charge in [0.15, 0.2) is 5.69 Å². The average molecular weight is 417 g/mol. The third-order valence-corrected chi connectivity index (χ3v) is 6.44. The Bertz CT molecular complexity index is 1070. The summed E-state index contributed by atoms with van der Waals surface area (Å²) in [6, 6.07) is 10.5. The number of likely N-dealkylation sites (tertiary alicyclic amines) is 1. The fourth-order valence-corrected chi connectivity index (χ4v) is 4.73. The Balaban J connectivity index is 1.38. The van der Waals surface area contributed by atoms with Crippen LogP contribution in [0.2, 0.25) is 0 Å². The van der Waals surface area contributed by atoms with E-state index in [0.29, 0.717) is 5.69 Å². The maximum atomic E-state index is 13.0. The molecule has 2 aliphatic heterocycles. The van der Waals surface area contributed by atoms with Crippen LogP contribution in [0.4, 0.5) is 0 Å². The summed E-state index contributed by atoms with van der Waals surface area (Å²) < 4.78 is 1.86. The zero-order valence-electron chi connectivity index (χ0n) is 18.0. The number of carbonyl (C=O) groups excluding carboxylic acids is 1. The minimum atomic E-state index is 0.0109. The van der Waals surface area contributed by atoms with Crippen molar-refractivity contribution >= 4 is 5.91 Å². The number of aromatic nitrogens is 4. The SMILES string of the molecule is Cc1c(C(=O)N2CCCCC2)nnn1-c1cccc2c1CCN(Cc1ccncc1)C2. The quantitative estimate of drug-likeness (QED) is 0.654. The van der Waals surface area contributed by atoms with Gasteiger partial charge in [0.05, 0.1) is 11.4 Å². The van der Waals surface area contributed by atoms with Gasteiger partial charge in [-0.05, 0) is 67.5 Å². The maximum absolute atomic E-state index is 13.0. The molecule has 1 aromatic carbocycles. The number of pyridine rings is 1. The number of carbonyl (C=O) groups is 1. The topological polar surface area (TPSA) is 67.2 Å². The summed E-state index contributed by atoms with van der Waals surface area (Å²) >= 11 is 0. The molecule has 2 aromatic heterocycles. The van der Waals surface area contributed by atoms with E-state index in [4.69, 9.17) is 0 Å². The van der Waals surface area contributed by atoms with Crippen molar-refractivity contribution in [3.8, 4) is 5.69 Å². The number of fused-ring (bicyclic) bond motifs is 1. The monoisotopic (exact) mass is 416 g/mol. The van der Waals surface area contributed by atoms with Crippen LogP contribution < -0.4 is 0 Å². The molecular formula is C24H28N6O. The zero-order chi connectivity index (χ0) is 21.2. The lowest BCUT2D eigenvalue weighted by Gasteiger charge is -2.30. The third kappa shape index (κ3) is 3.97. The standard InChI is InChI=1S/C24H28N6O/c1-18-23(24(31)29-13-3-2-4-14-29)26-27-30(18)22-7-5-6-20-17-28(15-10-21(20)22)16-19-8-11-25-12-9-19/h5-9,11-12H,2-4,10,13-17H2,1H3. The summed E-state index contributed by atoms with van der Waals surface area (Å²) in [7, 11) is 0. The molecule has 2 aliphatic rings. The van der Waals surface area contributed by atoms with Gasteiger partial charge >= 0.3 is 0 Å². The molecule has 7 nitrogen and oxygen atoms in total. The van der Waals surface area contributed by atoms with E-state index in [9.17, 15) is 4.79 Å². The van der Waals surface area contributed by atoms with Gasteiger partial charge in [-0.25, -0.2) is 4.68 Å². The van der Waals surface area contributed by atoms with Crippen LogP contribution in [0.25, 0.3) is 5.69 Å². The molecule has 31 heavy (non-hydrogen) atoms. The molecule has 0 unspecified atom stereocenters. The molecule has 0 atom stereocenters. The van der Waals surface area contributed by atoms with Crippen molar-refractivity contribution in [2.45, 2.75) is 45.7 Å². The number of hydrogen-bond acceptors (Lipinski definition) is 5. The molecule has 1 fully saturated rings. The van der Waals surface area contributed by atoms with Crippen molar-refractivity contribution in [3.05, 3.63) is 70.8 Å². The minimum absolute atomic E-state index is 0.0109. The van der Waals surface area contributed by atoms with Crippen molar-refractivity contribution < 1.29 is 4.79 Å². The van der Waals surface area contributed by atoms with Crippen LogP contribution in [0, 0.1) is 6.92 Å². The second-order valence-electron chi connectivity index (χ2n) is 8.52. The molecule has 0 radical (unpaired) electrons. The van der Waals surface area contributed by atoms with E-state index in [-0.39, 0.29) is 5.91 Å². The highest BCUT2D eigenvalue weighted by Crippen LogP contribution is 2.27. The number of benzene rings is 1. The van der Waals surface area contributed by atoms with Gasteiger partial charge in [-0.2, -0.15) is 0 Å². The molecule has 160 valence electrons. The maximum Gasteiger partial charge on any atom is 0.276 e. The van der Waals surface area contributed by atoms with Gasteiger partial charge in [0.2, 0.25) is 0 Å². The predicted molar refractivity (Wildman–Crippen MR) is 118 cm³/mol. The molecule has 0 spiro atoms. The van der Waals surface area contributed by atoms with E-state index < -0.39 is 0 Å². The number of rotatable bonds is 4. The molecule has 0 bridgehead atoms. The Kier molecular flexibility index (Phi) is 5.51. The Morgan fingerprint density at radius 1 is 1.03 bits per heavy atom. The molecule has 7 heteroatoms. The smallest absolute Gasteiger partial charge is 0.276 e. The van der Waals surface area contributed by atoms with Crippen LogP contribution in [0.1, 0.15) is 52.1 Å². The highest BCUT2D eigenvalue weighted by Gasteiger charge is 2.26. The largest absolute Gasteiger partial charge is 0.337 e. The summed E-state index contributed by atoms with van der Waals surface area (Å²) in [6.45, 7) is 6.40. The lowest BCUT2D eigenvalue weighted by atomic mass is 9.97. The highest BCUT2D eigenvalue weighted by molar-refractivity contribution is 5.93. The van der Waals surface area contributed by atoms with Gasteiger partial charge in [0.25, 0.3) is 5.91 Å². The molecule has 1 saturated heterocycles. The van der Waals surface area contributed by atoms with Crippen molar-refractivity contribution in [3.63, 3.8) is 0 Å². The Labute approximate surface area is 182 Å². The van der Waals surface area contributed by atoms with Crippen molar-refractivity contribution in [2.24, 2.45) is 0 Å². The third-order valence-electron chi connectivity index (χ3n) is 6.44. The second-order valence-corrected chi connectivity index (χ2v) is 8.52. The fraction of sp³-hybridized carbons (Fsp3) is 0.417. The number of nitrogens with zero attached hydrogens (tertiary/aromatic N) is 6. The van der Waals surface area contributed by atoms with Crippen LogP contribution in [0.15, 0.2) is 42.7 Å². The first-order valence-electron chi connectivity index (χ1n) is 11.1. The average Bonchev–Trinajstić information content (AvgIpc) is 3.20. The lowest BCUT2D eigenvalue weighted by molar-refractivity contribution is 0.0717. The Morgan fingerprint density at radius 3 is 2.65 bits per heavy atom. The van der Waals surface area contributed by atoms with E-state index in [1.807, 2.05) is 28.9 Å². The van der Waals surface area contributed by atoms with Crippen LogP contribution in [-0.2, 0) is 19.5 Å². The minimum Gasteiger partial charge on any atom is -0.337 e. The number of amides is 1. The molecule has 4 heterocycles. The van der Waals surface area contributed by atoms with Gasteiger partial charge in [0.1, 0.15) is 0 Å². The van der Waals surface area contributed by atoms with E-state index in [0.717, 1.165) is 63.4 Å². The van der Waals surface area contributed by atoms with Gasteiger partial charge in [-0.3, -0.25) is 14.7 Å². The summed E-state index contributed by atoms with van der Waals surface area (Å²) in [6.07, 6.45) is 7.99. The van der Waals surface area contributed by atoms with Crippen LogP contribution in [-0.4, -0.2) is 55.3 Å². The predicted octanol–water partition coefficient (Wildman–Crippen LogP) is 3.16.